The summed E-state index contributed by atoms with van der Waals surface area (Å²) in [4.78, 5) is 14.1. The van der Waals surface area contributed by atoms with Crippen LogP contribution in [0.3, 0.4) is 0 Å². The molecule has 0 aromatic carbocycles. The van der Waals surface area contributed by atoms with Gasteiger partial charge in [-0.25, -0.2) is 0 Å². The number of nitrogens with zero attached hydrogens (tertiary/aromatic N) is 2. The Hall–Kier alpha value is -0.910. The molecule has 6 heteroatoms. The highest BCUT2D eigenvalue weighted by molar-refractivity contribution is 7.99. The van der Waals surface area contributed by atoms with Crippen LogP contribution in [0.25, 0.3) is 0 Å². The van der Waals surface area contributed by atoms with Crippen LogP contribution in [0.1, 0.15) is 19.8 Å². The second-order valence-corrected chi connectivity index (χ2v) is 6.05. The second kappa shape index (κ2) is 4.16. The third kappa shape index (κ3) is 1.86. The van der Waals surface area contributed by atoms with Crippen molar-refractivity contribution >= 4 is 23.5 Å². The zero-order valence-electron chi connectivity index (χ0n) is 9.35. The van der Waals surface area contributed by atoms with E-state index in [0.29, 0.717) is 18.1 Å². The van der Waals surface area contributed by atoms with Gasteiger partial charge in [-0.2, -0.15) is 11.8 Å². The van der Waals surface area contributed by atoms with Crippen LogP contribution in [0.5, 0.6) is 0 Å². The number of rotatable bonds is 2. The van der Waals surface area contributed by atoms with Gasteiger partial charge in [-0.3, -0.25) is 4.79 Å². The van der Waals surface area contributed by atoms with Gasteiger partial charge in [-0.1, -0.05) is 12.1 Å². The quantitative estimate of drug-likeness (QED) is 0.320. The first-order chi connectivity index (χ1) is 7.60. The molecular weight excluding hydrogens is 226 g/mol. The Labute approximate surface area is 99.0 Å². The third-order valence-electron chi connectivity index (χ3n) is 3.29. The fraction of sp³-hybridized carbons (Fsp3) is 0.800. The topological polar surface area (TPSA) is 78.9 Å². The number of amidine groups is 1. The van der Waals surface area contributed by atoms with E-state index >= 15 is 0 Å². The maximum atomic E-state index is 12.3. The minimum Gasteiger partial charge on any atom is -0.409 e. The molecule has 3 N–H and O–H groups in total. The van der Waals surface area contributed by atoms with E-state index in [0.717, 1.165) is 18.8 Å². The summed E-state index contributed by atoms with van der Waals surface area (Å²) in [6.07, 6.45) is 1.42. The number of oxime groups is 1. The summed E-state index contributed by atoms with van der Waals surface area (Å²) in [5.74, 6) is 1.08. The molecule has 0 bridgehead atoms. The van der Waals surface area contributed by atoms with Crippen molar-refractivity contribution in [2.45, 2.75) is 25.0 Å². The van der Waals surface area contributed by atoms with E-state index in [2.05, 4.69) is 12.1 Å². The molecule has 1 aliphatic heterocycles. The fourth-order valence-electron chi connectivity index (χ4n) is 2.11. The Balaban J connectivity index is 2.07. The number of hydrogen-bond acceptors (Lipinski definition) is 4. The van der Waals surface area contributed by atoms with Crippen LogP contribution < -0.4 is 5.73 Å². The van der Waals surface area contributed by atoms with Gasteiger partial charge in [0.05, 0.1) is 0 Å². The van der Waals surface area contributed by atoms with Crippen LogP contribution in [0.15, 0.2) is 5.16 Å². The average Bonchev–Trinajstić information content (AvgIpc) is 3.08. The molecule has 0 spiro atoms. The van der Waals surface area contributed by atoms with E-state index < -0.39 is 5.41 Å². The van der Waals surface area contributed by atoms with Crippen LogP contribution in [-0.2, 0) is 4.79 Å². The van der Waals surface area contributed by atoms with E-state index in [1.807, 2.05) is 16.7 Å². The molecule has 1 atom stereocenters. The highest BCUT2D eigenvalue weighted by Gasteiger charge is 2.56. The summed E-state index contributed by atoms with van der Waals surface area (Å²) in [6.45, 7) is 3.66. The van der Waals surface area contributed by atoms with E-state index in [4.69, 9.17) is 10.9 Å². The molecule has 1 amide bonds. The molecule has 1 saturated carbocycles. The van der Waals surface area contributed by atoms with Crippen LogP contribution in [0.2, 0.25) is 0 Å². The Bertz CT molecular complexity index is 328. The predicted molar refractivity (Wildman–Crippen MR) is 63.6 cm³/mol. The minimum absolute atomic E-state index is 0.0370. The molecule has 1 unspecified atom stereocenters. The van der Waals surface area contributed by atoms with Gasteiger partial charge < -0.3 is 15.8 Å². The Kier molecular flexibility index (Phi) is 3.01. The first-order valence-electron chi connectivity index (χ1n) is 5.49. The van der Waals surface area contributed by atoms with Crippen molar-refractivity contribution in [3.05, 3.63) is 0 Å². The van der Waals surface area contributed by atoms with Gasteiger partial charge in [0.15, 0.2) is 5.84 Å². The van der Waals surface area contributed by atoms with Crippen molar-refractivity contribution in [2.75, 3.05) is 18.8 Å². The molecule has 1 aliphatic carbocycles. The molecule has 1 saturated heterocycles. The average molecular weight is 243 g/mol. The Morgan fingerprint density at radius 1 is 1.62 bits per heavy atom. The number of carbonyl (C=O) groups excluding carboxylic acids is 1. The van der Waals surface area contributed by atoms with Gasteiger partial charge in [0.2, 0.25) is 5.91 Å². The summed E-state index contributed by atoms with van der Waals surface area (Å²) in [7, 11) is 0. The number of amides is 1. The van der Waals surface area contributed by atoms with Gasteiger partial charge in [-0.15, -0.1) is 0 Å². The molecule has 0 radical (unpaired) electrons. The zero-order chi connectivity index (χ0) is 11.8. The third-order valence-corrected chi connectivity index (χ3v) is 4.42. The molecule has 5 nitrogen and oxygen atoms in total. The minimum atomic E-state index is -0.684. The maximum Gasteiger partial charge on any atom is 0.236 e. The predicted octanol–water partition coefficient (Wildman–Crippen LogP) is 0.477. The van der Waals surface area contributed by atoms with Crippen LogP contribution in [0.4, 0.5) is 0 Å². The zero-order valence-corrected chi connectivity index (χ0v) is 10.2. The molecule has 2 aliphatic rings. The maximum absolute atomic E-state index is 12.3. The van der Waals surface area contributed by atoms with E-state index in [1.54, 1.807) is 0 Å². The van der Waals surface area contributed by atoms with Gasteiger partial charge in [0, 0.05) is 24.1 Å². The number of thioether (sulfide) groups is 1. The van der Waals surface area contributed by atoms with Crippen molar-refractivity contribution in [1.82, 2.24) is 4.90 Å². The standard InChI is InChI=1S/C10H17N3O2S/c1-7-6-13(4-5-16-7)9(14)10(2-3-10)8(11)12-15/h7,15H,2-6H2,1H3,(H2,11,12). The molecule has 1 heterocycles. The molecular formula is C10H17N3O2S. The van der Waals surface area contributed by atoms with Crippen molar-refractivity contribution in [2.24, 2.45) is 16.3 Å². The highest BCUT2D eigenvalue weighted by Crippen LogP contribution is 2.47. The first kappa shape index (κ1) is 11.6. The number of hydrogen-bond donors (Lipinski definition) is 2. The lowest BCUT2D eigenvalue weighted by atomic mass is 10.0. The summed E-state index contributed by atoms with van der Waals surface area (Å²) < 4.78 is 0. The SMILES string of the molecule is CC1CN(C(=O)C2(C(N)=NO)CC2)CCS1. The van der Waals surface area contributed by atoms with Crippen LogP contribution in [-0.4, -0.2) is 45.9 Å². The number of carbonyl (C=O) groups is 1. The van der Waals surface area contributed by atoms with Gasteiger partial charge in [-0.05, 0) is 12.8 Å². The molecule has 0 aromatic heterocycles. The molecule has 2 fully saturated rings. The summed E-state index contributed by atoms with van der Waals surface area (Å²) in [6, 6.07) is 0. The summed E-state index contributed by atoms with van der Waals surface area (Å²) >= 11 is 1.88. The molecule has 90 valence electrons. The van der Waals surface area contributed by atoms with E-state index in [1.165, 1.54) is 0 Å². The lowest BCUT2D eigenvalue weighted by Gasteiger charge is -2.33. The largest absolute Gasteiger partial charge is 0.409 e. The first-order valence-corrected chi connectivity index (χ1v) is 6.54. The monoisotopic (exact) mass is 243 g/mol. The van der Waals surface area contributed by atoms with E-state index in [-0.39, 0.29) is 11.7 Å². The van der Waals surface area contributed by atoms with Crippen LogP contribution in [0, 0.1) is 5.41 Å². The van der Waals surface area contributed by atoms with Gasteiger partial charge in [0.25, 0.3) is 0 Å². The highest BCUT2D eigenvalue weighted by atomic mass is 32.2. The Morgan fingerprint density at radius 2 is 2.31 bits per heavy atom. The van der Waals surface area contributed by atoms with Crippen molar-refractivity contribution in [3.63, 3.8) is 0 Å². The smallest absolute Gasteiger partial charge is 0.236 e. The normalized spacial score (nSPS) is 28.9. The van der Waals surface area contributed by atoms with Crippen molar-refractivity contribution in [3.8, 4) is 0 Å². The number of nitrogens with two attached hydrogens (primary N) is 1. The molecule has 16 heavy (non-hydrogen) atoms. The van der Waals surface area contributed by atoms with Crippen LogP contribution >= 0.6 is 11.8 Å². The summed E-state index contributed by atoms with van der Waals surface area (Å²) in [5, 5.41) is 12.2. The van der Waals surface area contributed by atoms with Gasteiger partial charge in [0.1, 0.15) is 5.41 Å². The second-order valence-electron chi connectivity index (χ2n) is 4.50. The van der Waals surface area contributed by atoms with Crippen molar-refractivity contribution < 1.29 is 10.0 Å². The lowest BCUT2D eigenvalue weighted by Crippen LogP contribution is -2.48. The molecule has 0 aromatic rings. The lowest BCUT2D eigenvalue weighted by molar-refractivity contribution is -0.134. The van der Waals surface area contributed by atoms with Gasteiger partial charge >= 0.3 is 0 Å². The van der Waals surface area contributed by atoms with E-state index in [9.17, 15) is 4.79 Å². The Morgan fingerprint density at radius 3 is 2.81 bits per heavy atom. The van der Waals surface area contributed by atoms with Crippen molar-refractivity contribution in [1.29, 1.82) is 0 Å². The summed E-state index contributed by atoms with van der Waals surface area (Å²) in [5.41, 5.74) is 4.92. The fourth-order valence-corrected chi connectivity index (χ4v) is 3.12. The molecule has 2 rings (SSSR count).